The standard InChI is InChI=1S/C14H16N2OS/c15-8-14(7-9-2-1-3-9)5-4-10-6-11(16)18-12(10)13(14)17/h6,9H,1-5,7,16H2. The minimum atomic E-state index is -0.768. The van der Waals surface area contributed by atoms with Crippen LogP contribution < -0.4 is 5.73 Å². The molecule has 0 amide bonds. The molecule has 0 aromatic carbocycles. The van der Waals surface area contributed by atoms with E-state index < -0.39 is 5.41 Å². The van der Waals surface area contributed by atoms with Gasteiger partial charge in [0.25, 0.3) is 0 Å². The van der Waals surface area contributed by atoms with E-state index in [2.05, 4.69) is 6.07 Å². The van der Waals surface area contributed by atoms with Crippen molar-refractivity contribution < 1.29 is 4.79 Å². The highest BCUT2D eigenvalue weighted by Gasteiger charge is 2.46. The van der Waals surface area contributed by atoms with Crippen LogP contribution in [0, 0.1) is 22.7 Å². The number of ketones is 1. The molecule has 3 nitrogen and oxygen atoms in total. The monoisotopic (exact) mass is 260 g/mol. The third-order valence-corrected chi connectivity index (χ3v) is 5.37. The van der Waals surface area contributed by atoms with Gasteiger partial charge in [0.1, 0.15) is 5.41 Å². The lowest BCUT2D eigenvalue weighted by molar-refractivity contribution is 0.0773. The molecular weight excluding hydrogens is 244 g/mol. The molecule has 2 aliphatic carbocycles. The summed E-state index contributed by atoms with van der Waals surface area (Å²) in [5, 5.41) is 10.2. The maximum absolute atomic E-state index is 12.6. The number of nitrogen functional groups attached to an aromatic ring is 1. The number of nitrogens with two attached hydrogens (primary N) is 1. The van der Waals surface area contributed by atoms with Crippen LogP contribution in [-0.2, 0) is 6.42 Å². The van der Waals surface area contributed by atoms with Gasteiger partial charge in [0.2, 0.25) is 0 Å². The van der Waals surface area contributed by atoms with E-state index in [4.69, 9.17) is 5.73 Å². The fraction of sp³-hybridized carbons (Fsp3) is 0.571. The second kappa shape index (κ2) is 4.10. The van der Waals surface area contributed by atoms with E-state index in [1.165, 1.54) is 30.6 Å². The van der Waals surface area contributed by atoms with Gasteiger partial charge in [0.05, 0.1) is 15.9 Å². The van der Waals surface area contributed by atoms with E-state index in [-0.39, 0.29) is 5.78 Å². The largest absolute Gasteiger partial charge is 0.391 e. The average Bonchev–Trinajstić information content (AvgIpc) is 2.68. The van der Waals surface area contributed by atoms with Gasteiger partial charge in [-0.1, -0.05) is 19.3 Å². The van der Waals surface area contributed by atoms with Crippen LogP contribution in [0.2, 0.25) is 0 Å². The predicted molar refractivity (Wildman–Crippen MR) is 71.4 cm³/mol. The number of anilines is 1. The topological polar surface area (TPSA) is 66.9 Å². The third kappa shape index (κ3) is 1.65. The van der Waals surface area contributed by atoms with Crippen molar-refractivity contribution in [2.75, 3.05) is 5.73 Å². The van der Waals surface area contributed by atoms with Gasteiger partial charge in [0.15, 0.2) is 5.78 Å². The Balaban J connectivity index is 1.93. The lowest BCUT2D eigenvalue weighted by Crippen LogP contribution is -2.37. The summed E-state index contributed by atoms with van der Waals surface area (Å²) >= 11 is 1.35. The average molecular weight is 260 g/mol. The Kier molecular flexibility index (Phi) is 2.67. The molecule has 3 rings (SSSR count). The number of nitriles is 1. The fourth-order valence-corrected chi connectivity index (χ4v) is 4.06. The Morgan fingerprint density at radius 3 is 2.94 bits per heavy atom. The summed E-state index contributed by atoms with van der Waals surface area (Å²) in [4.78, 5) is 13.3. The van der Waals surface area contributed by atoms with Crippen molar-refractivity contribution in [2.45, 2.75) is 38.5 Å². The molecule has 1 aromatic heterocycles. The van der Waals surface area contributed by atoms with E-state index in [9.17, 15) is 10.1 Å². The Hall–Kier alpha value is -1.34. The summed E-state index contributed by atoms with van der Waals surface area (Å²) in [5.41, 5.74) is 6.05. The highest BCUT2D eigenvalue weighted by Crippen LogP contribution is 2.46. The van der Waals surface area contributed by atoms with Gasteiger partial charge in [0, 0.05) is 0 Å². The molecule has 0 radical (unpaired) electrons. The van der Waals surface area contributed by atoms with Crippen LogP contribution in [0.15, 0.2) is 6.07 Å². The van der Waals surface area contributed by atoms with Gasteiger partial charge < -0.3 is 5.73 Å². The van der Waals surface area contributed by atoms with Crippen LogP contribution in [0.25, 0.3) is 0 Å². The van der Waals surface area contributed by atoms with Crippen molar-refractivity contribution >= 4 is 22.1 Å². The summed E-state index contributed by atoms with van der Waals surface area (Å²) in [5.74, 6) is 0.604. The van der Waals surface area contributed by atoms with Crippen molar-refractivity contribution in [1.82, 2.24) is 0 Å². The Labute approximate surface area is 111 Å². The Morgan fingerprint density at radius 2 is 2.33 bits per heavy atom. The number of nitrogens with zero attached hydrogens (tertiary/aromatic N) is 1. The zero-order chi connectivity index (χ0) is 12.8. The molecule has 0 saturated heterocycles. The van der Waals surface area contributed by atoms with Gasteiger partial charge in [-0.15, -0.1) is 11.3 Å². The summed E-state index contributed by atoms with van der Waals surface area (Å²) < 4.78 is 0. The van der Waals surface area contributed by atoms with Crippen LogP contribution in [0.1, 0.15) is 47.3 Å². The molecule has 1 unspecified atom stereocenters. The molecule has 0 bridgehead atoms. The number of hydrogen-bond acceptors (Lipinski definition) is 4. The first-order valence-electron chi connectivity index (χ1n) is 6.49. The van der Waals surface area contributed by atoms with Gasteiger partial charge in [-0.3, -0.25) is 4.79 Å². The van der Waals surface area contributed by atoms with E-state index in [0.717, 1.165) is 23.3 Å². The first kappa shape index (κ1) is 11.7. The smallest absolute Gasteiger partial charge is 0.193 e. The van der Waals surface area contributed by atoms with Gasteiger partial charge in [-0.05, 0) is 36.8 Å². The zero-order valence-corrected chi connectivity index (χ0v) is 11.1. The fourth-order valence-electron chi connectivity index (χ4n) is 3.04. The van der Waals surface area contributed by atoms with Gasteiger partial charge in [-0.2, -0.15) is 5.26 Å². The van der Waals surface area contributed by atoms with Crippen LogP contribution in [-0.4, -0.2) is 5.78 Å². The van der Waals surface area contributed by atoms with Crippen molar-refractivity contribution in [3.63, 3.8) is 0 Å². The van der Waals surface area contributed by atoms with Crippen LogP contribution in [0.4, 0.5) is 5.00 Å². The van der Waals surface area contributed by atoms with E-state index in [1.54, 1.807) is 0 Å². The Morgan fingerprint density at radius 1 is 1.56 bits per heavy atom. The molecule has 94 valence electrons. The molecule has 0 spiro atoms. The van der Waals surface area contributed by atoms with Crippen LogP contribution >= 0.6 is 11.3 Å². The zero-order valence-electron chi connectivity index (χ0n) is 10.2. The van der Waals surface area contributed by atoms with Crippen LogP contribution in [0.3, 0.4) is 0 Å². The molecule has 1 saturated carbocycles. The number of rotatable bonds is 2. The minimum Gasteiger partial charge on any atom is -0.391 e. The number of fused-ring (bicyclic) bond motifs is 1. The lowest BCUT2D eigenvalue weighted by Gasteiger charge is -2.35. The molecule has 18 heavy (non-hydrogen) atoms. The Bertz CT molecular complexity index is 538. The predicted octanol–water partition coefficient (Wildman–Crippen LogP) is 3.16. The number of carbonyl (C=O) groups excluding carboxylic acids is 1. The second-order valence-corrected chi connectivity index (χ2v) is 6.61. The van der Waals surface area contributed by atoms with Crippen molar-refractivity contribution in [1.29, 1.82) is 5.26 Å². The molecule has 1 fully saturated rings. The summed E-state index contributed by atoms with van der Waals surface area (Å²) in [6.07, 6.45) is 5.83. The summed E-state index contributed by atoms with van der Waals surface area (Å²) in [6.45, 7) is 0. The second-order valence-electron chi connectivity index (χ2n) is 5.53. The number of hydrogen-bond donors (Lipinski definition) is 1. The maximum atomic E-state index is 12.6. The minimum absolute atomic E-state index is 0.0276. The first-order valence-corrected chi connectivity index (χ1v) is 7.30. The molecule has 4 heteroatoms. The van der Waals surface area contributed by atoms with Gasteiger partial charge >= 0.3 is 0 Å². The molecule has 1 heterocycles. The molecular formula is C14H16N2OS. The first-order chi connectivity index (χ1) is 8.64. The number of Topliss-reactive ketones (excluding diaryl/α,β-unsaturated/α-hetero) is 1. The summed E-state index contributed by atoms with van der Waals surface area (Å²) in [6, 6.07) is 4.22. The third-order valence-electron chi connectivity index (χ3n) is 4.37. The van der Waals surface area contributed by atoms with Crippen LogP contribution in [0.5, 0.6) is 0 Å². The SMILES string of the molecule is N#CC1(CC2CCC2)CCc2cc(N)sc2C1=O. The maximum Gasteiger partial charge on any atom is 0.193 e. The molecule has 2 aliphatic rings. The number of thiophene rings is 1. The van der Waals surface area contributed by atoms with Crippen molar-refractivity contribution in [2.24, 2.45) is 11.3 Å². The molecule has 1 aromatic rings. The molecule has 1 atom stereocenters. The van der Waals surface area contributed by atoms with E-state index in [0.29, 0.717) is 17.3 Å². The number of aryl methyl sites for hydroxylation is 1. The van der Waals surface area contributed by atoms with E-state index >= 15 is 0 Å². The highest BCUT2D eigenvalue weighted by molar-refractivity contribution is 7.18. The lowest BCUT2D eigenvalue weighted by atomic mass is 9.65. The highest BCUT2D eigenvalue weighted by atomic mass is 32.1. The van der Waals surface area contributed by atoms with Gasteiger partial charge in [-0.25, -0.2) is 0 Å². The van der Waals surface area contributed by atoms with E-state index in [1.807, 2.05) is 6.07 Å². The molecule has 0 aliphatic heterocycles. The van der Waals surface area contributed by atoms with Crippen molar-refractivity contribution in [3.8, 4) is 6.07 Å². The quantitative estimate of drug-likeness (QED) is 0.888. The van der Waals surface area contributed by atoms with Crippen molar-refractivity contribution in [3.05, 3.63) is 16.5 Å². The number of carbonyl (C=O) groups is 1. The molecule has 2 N–H and O–H groups in total. The summed E-state index contributed by atoms with van der Waals surface area (Å²) in [7, 11) is 0. The normalized spacial score (nSPS) is 27.4.